The molecule has 2 aromatic rings. The molecular formula is C23H19F3O4S. The van der Waals surface area contributed by atoms with Crippen LogP contribution in [-0.4, -0.2) is 29.2 Å². The van der Waals surface area contributed by atoms with E-state index in [1.807, 2.05) is 0 Å². The first kappa shape index (κ1) is 22.7. The number of aryl methyl sites for hydroxylation is 1. The van der Waals surface area contributed by atoms with Crippen molar-refractivity contribution < 1.29 is 32.6 Å². The normalized spacial score (nSPS) is 13.9. The summed E-state index contributed by atoms with van der Waals surface area (Å²) in [6, 6.07) is 11.9. The van der Waals surface area contributed by atoms with Gasteiger partial charge in [0.2, 0.25) is 0 Å². The summed E-state index contributed by atoms with van der Waals surface area (Å²) in [5.74, 6) is -0.122. The van der Waals surface area contributed by atoms with Gasteiger partial charge >= 0.3 is 12.1 Å². The summed E-state index contributed by atoms with van der Waals surface area (Å²) in [5, 5.41) is 8.61. The van der Waals surface area contributed by atoms with Crippen molar-refractivity contribution in [3.8, 4) is 5.75 Å². The smallest absolute Gasteiger partial charge is 0.416 e. The van der Waals surface area contributed by atoms with Gasteiger partial charge < -0.3 is 9.84 Å². The predicted octanol–water partition coefficient (Wildman–Crippen LogP) is 5.38. The minimum Gasteiger partial charge on any atom is -0.482 e. The summed E-state index contributed by atoms with van der Waals surface area (Å²) in [6.45, 7) is -0.411. The van der Waals surface area contributed by atoms with E-state index < -0.39 is 24.3 Å². The molecule has 0 saturated carbocycles. The van der Waals surface area contributed by atoms with Crippen molar-refractivity contribution in [1.82, 2.24) is 0 Å². The summed E-state index contributed by atoms with van der Waals surface area (Å²) in [6.07, 6.45) is -0.00805. The van der Waals surface area contributed by atoms with Gasteiger partial charge in [-0.25, -0.2) is 4.79 Å². The lowest BCUT2D eigenvalue weighted by molar-refractivity contribution is -0.139. The summed E-state index contributed by atoms with van der Waals surface area (Å²) < 4.78 is 43.1. The zero-order valence-corrected chi connectivity index (χ0v) is 17.1. The first-order valence-corrected chi connectivity index (χ1v) is 10.4. The van der Waals surface area contributed by atoms with Crippen molar-refractivity contribution in [2.75, 3.05) is 12.4 Å². The van der Waals surface area contributed by atoms with E-state index in [2.05, 4.69) is 0 Å². The van der Waals surface area contributed by atoms with Crippen LogP contribution in [0.15, 0.2) is 66.3 Å². The number of halogens is 3. The monoisotopic (exact) mass is 448 g/mol. The highest BCUT2D eigenvalue weighted by Gasteiger charge is 2.30. The van der Waals surface area contributed by atoms with E-state index in [1.165, 1.54) is 23.9 Å². The Bertz CT molecular complexity index is 1010. The summed E-state index contributed by atoms with van der Waals surface area (Å²) >= 11 is 1.42. The van der Waals surface area contributed by atoms with Gasteiger partial charge in [-0.1, -0.05) is 30.3 Å². The van der Waals surface area contributed by atoms with Crippen LogP contribution in [0, 0.1) is 0 Å². The Morgan fingerprint density at radius 2 is 1.68 bits per heavy atom. The number of carbonyl (C=O) groups is 2. The lowest BCUT2D eigenvalue weighted by Gasteiger charge is -2.15. The molecule has 0 amide bonds. The molecular weight excluding hydrogens is 429 g/mol. The number of alkyl halides is 3. The first-order valence-electron chi connectivity index (χ1n) is 9.40. The number of allylic oxidation sites excluding steroid dienone is 2. The van der Waals surface area contributed by atoms with Crippen molar-refractivity contribution in [3.05, 3.63) is 82.9 Å². The number of aliphatic carboxylic acids is 1. The minimum absolute atomic E-state index is 0.0152. The van der Waals surface area contributed by atoms with Gasteiger partial charge in [-0.05, 0) is 47.9 Å². The predicted molar refractivity (Wildman–Crippen MR) is 113 cm³/mol. The maximum atomic E-state index is 12.7. The number of hydrogen-bond donors (Lipinski definition) is 1. The number of ketones is 1. The van der Waals surface area contributed by atoms with E-state index in [0.29, 0.717) is 35.5 Å². The van der Waals surface area contributed by atoms with Gasteiger partial charge in [0, 0.05) is 22.7 Å². The highest BCUT2D eigenvalue weighted by Crippen LogP contribution is 2.35. The second-order valence-corrected chi connectivity index (χ2v) is 7.85. The molecule has 0 aromatic heterocycles. The molecule has 0 radical (unpaired) electrons. The highest BCUT2D eigenvalue weighted by atomic mass is 32.2. The molecule has 0 bridgehead atoms. The van der Waals surface area contributed by atoms with E-state index in [1.54, 1.807) is 36.4 Å². The molecule has 4 nitrogen and oxygen atoms in total. The van der Waals surface area contributed by atoms with Crippen molar-refractivity contribution >= 4 is 28.4 Å². The number of thioether (sulfide) groups is 1. The molecule has 1 N–H and O–H groups in total. The fraction of sp³-hybridized carbons (Fsp3) is 0.217. The summed E-state index contributed by atoms with van der Waals surface area (Å²) in [4.78, 5) is 23.8. The number of carbonyl (C=O) groups excluding carboxylic acids is 1. The maximum absolute atomic E-state index is 12.7. The second kappa shape index (κ2) is 9.87. The van der Waals surface area contributed by atoms with Gasteiger partial charge in [0.15, 0.2) is 12.4 Å². The topological polar surface area (TPSA) is 63.6 Å². The average molecular weight is 448 g/mol. The molecule has 0 saturated heterocycles. The lowest BCUT2D eigenvalue weighted by Crippen LogP contribution is -2.09. The van der Waals surface area contributed by atoms with Crippen LogP contribution in [0.2, 0.25) is 0 Å². The van der Waals surface area contributed by atoms with E-state index >= 15 is 0 Å². The third-order valence-electron chi connectivity index (χ3n) is 4.60. The number of carboxylic acids is 1. The van der Waals surface area contributed by atoms with Gasteiger partial charge in [0.05, 0.1) is 5.56 Å². The van der Waals surface area contributed by atoms with Crippen molar-refractivity contribution in [1.29, 1.82) is 0 Å². The van der Waals surface area contributed by atoms with Gasteiger partial charge in [-0.15, -0.1) is 11.8 Å². The van der Waals surface area contributed by atoms with Crippen LogP contribution in [-0.2, 0) is 22.2 Å². The Balaban J connectivity index is 1.55. The Morgan fingerprint density at radius 1 is 1.00 bits per heavy atom. The zero-order valence-electron chi connectivity index (χ0n) is 16.3. The van der Waals surface area contributed by atoms with Gasteiger partial charge in [0.25, 0.3) is 0 Å². The molecule has 2 aromatic carbocycles. The molecule has 0 spiro atoms. The molecule has 3 rings (SSSR count). The van der Waals surface area contributed by atoms with Crippen LogP contribution in [0.25, 0.3) is 4.91 Å². The maximum Gasteiger partial charge on any atom is 0.416 e. The fourth-order valence-corrected chi connectivity index (χ4v) is 3.96. The third kappa shape index (κ3) is 6.49. The van der Waals surface area contributed by atoms with Crippen LogP contribution in [0.3, 0.4) is 0 Å². The number of ether oxygens (including phenoxy) is 1. The van der Waals surface area contributed by atoms with E-state index in [9.17, 15) is 22.8 Å². The van der Waals surface area contributed by atoms with Crippen LogP contribution in [0.4, 0.5) is 13.2 Å². The van der Waals surface area contributed by atoms with Crippen LogP contribution >= 0.6 is 11.8 Å². The Morgan fingerprint density at radius 3 is 2.23 bits per heavy atom. The molecule has 0 atom stereocenters. The Kier molecular flexibility index (Phi) is 7.22. The average Bonchev–Trinajstić information content (AvgIpc) is 2.76. The molecule has 0 fully saturated rings. The summed E-state index contributed by atoms with van der Waals surface area (Å²) in [5.41, 5.74) is 1.60. The zero-order chi connectivity index (χ0) is 22.4. The Labute approximate surface area is 181 Å². The molecule has 0 aliphatic carbocycles. The van der Waals surface area contributed by atoms with Crippen LogP contribution < -0.4 is 4.74 Å². The van der Waals surface area contributed by atoms with Gasteiger partial charge in [0.1, 0.15) is 5.75 Å². The molecule has 31 heavy (non-hydrogen) atoms. The van der Waals surface area contributed by atoms with Crippen LogP contribution in [0.1, 0.15) is 23.1 Å². The van der Waals surface area contributed by atoms with E-state index in [-0.39, 0.29) is 5.78 Å². The quantitative estimate of drug-likeness (QED) is 0.587. The molecule has 1 aliphatic rings. The van der Waals surface area contributed by atoms with Crippen molar-refractivity contribution in [2.45, 2.75) is 19.0 Å². The third-order valence-corrected chi connectivity index (χ3v) is 5.74. The number of hydrogen-bond acceptors (Lipinski definition) is 4. The SMILES string of the molecule is O=C(O)COc1ccc(CCC(=O)C2=CC=C(c3ccc(C(F)(F)F)cc3)SC2)cc1. The number of carboxylic acid groups (broad SMARTS) is 1. The second-order valence-electron chi connectivity index (χ2n) is 6.84. The first-order chi connectivity index (χ1) is 14.7. The molecule has 1 heterocycles. The summed E-state index contributed by atoms with van der Waals surface area (Å²) in [7, 11) is 0. The molecule has 162 valence electrons. The number of benzene rings is 2. The van der Waals surface area contributed by atoms with Crippen molar-refractivity contribution in [3.63, 3.8) is 0 Å². The van der Waals surface area contributed by atoms with Crippen molar-refractivity contribution in [2.24, 2.45) is 0 Å². The lowest BCUT2D eigenvalue weighted by atomic mass is 10.0. The molecule has 0 unspecified atom stereocenters. The minimum atomic E-state index is -4.36. The standard InChI is InChI=1S/C23H19F3O4S/c24-23(25,26)18-7-4-16(5-8-18)21-12-6-17(14-31-21)20(27)11-3-15-1-9-19(10-2-15)30-13-22(28)29/h1-2,4-10,12H,3,11,13-14H2,(H,28,29). The van der Waals surface area contributed by atoms with Crippen LogP contribution in [0.5, 0.6) is 5.75 Å². The number of Topliss-reactive ketones (excluding diaryl/α,β-unsaturated/α-hetero) is 1. The largest absolute Gasteiger partial charge is 0.482 e. The van der Waals surface area contributed by atoms with E-state index in [4.69, 9.17) is 9.84 Å². The molecule has 8 heteroatoms. The number of rotatable bonds is 8. The highest BCUT2D eigenvalue weighted by molar-refractivity contribution is 8.08. The van der Waals surface area contributed by atoms with Gasteiger partial charge in [-0.3, -0.25) is 4.79 Å². The fourth-order valence-electron chi connectivity index (χ4n) is 2.92. The Hall–Kier alpha value is -3.00. The molecule has 1 aliphatic heterocycles. The van der Waals surface area contributed by atoms with Gasteiger partial charge in [-0.2, -0.15) is 13.2 Å². The van der Waals surface area contributed by atoms with E-state index in [0.717, 1.165) is 22.6 Å².